The molecule has 0 atom stereocenters. The molecule has 0 saturated carbocycles. The smallest absolute Gasteiger partial charge is 0.376 e. The molecule has 0 aliphatic rings. The lowest BCUT2D eigenvalue weighted by atomic mass is 10.1. The highest BCUT2D eigenvalue weighted by Crippen LogP contribution is 2.34. The maximum absolute atomic E-state index is 13.3. The Balaban J connectivity index is 2.17. The van der Waals surface area contributed by atoms with Gasteiger partial charge in [-0.1, -0.05) is 23.7 Å². The molecule has 28 heavy (non-hydrogen) atoms. The summed E-state index contributed by atoms with van der Waals surface area (Å²) in [6.07, 6.45) is 2.19. The van der Waals surface area contributed by atoms with Crippen molar-refractivity contribution in [1.29, 1.82) is 0 Å². The number of ether oxygens (including phenoxy) is 1. The van der Waals surface area contributed by atoms with Gasteiger partial charge >= 0.3 is 5.97 Å². The highest BCUT2D eigenvalue weighted by molar-refractivity contribution is 6.38. The van der Waals surface area contributed by atoms with Gasteiger partial charge in [-0.2, -0.15) is 0 Å². The summed E-state index contributed by atoms with van der Waals surface area (Å²) in [4.78, 5) is 22.2. The Morgan fingerprint density at radius 1 is 1.25 bits per heavy atom. The Bertz CT molecular complexity index is 1120. The first kappa shape index (κ1) is 19.4. The number of carbonyl (C=O) groups is 2. The average molecular weight is 404 g/mol. The highest BCUT2D eigenvalue weighted by Gasteiger charge is 2.19. The Kier molecular flexibility index (Phi) is 5.37. The number of nitrogens with zero attached hydrogens (tertiary/aromatic N) is 1. The number of hydrogen-bond donors (Lipinski definition) is 2. The van der Waals surface area contributed by atoms with E-state index in [4.69, 9.17) is 21.4 Å². The van der Waals surface area contributed by atoms with Crippen molar-refractivity contribution >= 4 is 40.0 Å². The van der Waals surface area contributed by atoms with Crippen LogP contribution in [0.1, 0.15) is 11.1 Å². The summed E-state index contributed by atoms with van der Waals surface area (Å²) in [6, 6.07) is 9.23. The number of ketones is 1. The molecule has 2 N–H and O–H groups in total. The van der Waals surface area contributed by atoms with Crippen molar-refractivity contribution in [2.24, 2.45) is 0 Å². The topological polar surface area (TPSA) is 88.8 Å². The van der Waals surface area contributed by atoms with Gasteiger partial charge in [-0.3, -0.25) is 4.79 Å². The Hall–Kier alpha value is -3.32. The van der Waals surface area contributed by atoms with Gasteiger partial charge in [0.1, 0.15) is 17.3 Å². The molecule has 0 saturated heterocycles. The normalized spacial score (nSPS) is 11.6. The first-order valence-corrected chi connectivity index (χ1v) is 8.47. The number of aliphatic hydroxyl groups excluding tert-OH is 1. The summed E-state index contributed by atoms with van der Waals surface area (Å²) in [5.74, 6) is -3.47. The molecule has 8 heteroatoms. The van der Waals surface area contributed by atoms with Crippen LogP contribution in [-0.2, 0) is 16.1 Å². The van der Waals surface area contributed by atoms with E-state index in [2.05, 4.69) is 0 Å². The second-order valence-corrected chi connectivity index (χ2v) is 6.37. The van der Waals surface area contributed by atoms with Crippen LogP contribution in [0, 0.1) is 5.82 Å². The van der Waals surface area contributed by atoms with Gasteiger partial charge in [-0.15, -0.1) is 0 Å². The minimum Gasteiger partial charge on any atom is -0.507 e. The molecule has 0 amide bonds. The number of benzene rings is 2. The predicted octanol–water partition coefficient (Wildman–Crippen LogP) is 4.04. The van der Waals surface area contributed by atoms with E-state index in [-0.39, 0.29) is 17.1 Å². The van der Waals surface area contributed by atoms with Crippen LogP contribution < -0.4 is 4.74 Å². The first-order valence-electron chi connectivity index (χ1n) is 8.10. The van der Waals surface area contributed by atoms with Gasteiger partial charge < -0.3 is 19.5 Å². The molecule has 0 aliphatic heterocycles. The molecule has 0 aliphatic carbocycles. The SMILES string of the molecule is COc1cccc2c1c(C(O)=CC(=O)C(=O)O)cn2Cc1ccc(F)cc1Cl. The van der Waals surface area contributed by atoms with Gasteiger partial charge in [0.2, 0.25) is 0 Å². The minimum absolute atomic E-state index is 0.222. The summed E-state index contributed by atoms with van der Waals surface area (Å²) in [5.41, 5.74) is 1.51. The van der Waals surface area contributed by atoms with Gasteiger partial charge in [0.05, 0.1) is 18.0 Å². The van der Waals surface area contributed by atoms with Crippen molar-refractivity contribution in [3.63, 3.8) is 0 Å². The number of aromatic nitrogens is 1. The fourth-order valence-corrected chi connectivity index (χ4v) is 3.14. The lowest BCUT2D eigenvalue weighted by Gasteiger charge is -2.08. The fraction of sp³-hybridized carbons (Fsp3) is 0.100. The number of hydrogen-bond acceptors (Lipinski definition) is 4. The lowest BCUT2D eigenvalue weighted by Crippen LogP contribution is -2.09. The molecule has 1 aromatic heterocycles. The molecule has 0 radical (unpaired) electrons. The summed E-state index contributed by atoms with van der Waals surface area (Å²) < 4.78 is 20.4. The number of carbonyl (C=O) groups excluding carboxylic acids is 1. The fourth-order valence-electron chi connectivity index (χ4n) is 2.91. The molecule has 0 fully saturated rings. The molecule has 6 nitrogen and oxygen atoms in total. The zero-order valence-corrected chi connectivity index (χ0v) is 15.4. The van der Waals surface area contributed by atoms with E-state index in [0.717, 1.165) is 0 Å². The van der Waals surface area contributed by atoms with E-state index >= 15 is 0 Å². The molecular formula is C20H15ClFNO5. The quantitative estimate of drug-likeness (QED) is 0.368. The van der Waals surface area contributed by atoms with E-state index in [1.807, 2.05) is 0 Å². The van der Waals surface area contributed by atoms with Gasteiger partial charge in [-0.25, -0.2) is 9.18 Å². The van der Waals surface area contributed by atoms with Crippen molar-refractivity contribution in [2.45, 2.75) is 6.54 Å². The molecule has 144 valence electrons. The van der Waals surface area contributed by atoms with Crippen molar-refractivity contribution < 1.29 is 28.9 Å². The third kappa shape index (κ3) is 3.70. The second kappa shape index (κ2) is 7.74. The summed E-state index contributed by atoms with van der Waals surface area (Å²) >= 11 is 6.11. The van der Waals surface area contributed by atoms with Crippen molar-refractivity contribution in [2.75, 3.05) is 7.11 Å². The third-order valence-corrected chi connectivity index (χ3v) is 4.55. The molecule has 0 bridgehead atoms. The van der Waals surface area contributed by atoms with Gasteiger partial charge in [0.15, 0.2) is 0 Å². The van der Waals surface area contributed by atoms with Gasteiger partial charge in [-0.05, 0) is 29.8 Å². The Morgan fingerprint density at radius 3 is 2.64 bits per heavy atom. The van der Waals surface area contributed by atoms with Crippen LogP contribution >= 0.6 is 11.6 Å². The number of aliphatic carboxylic acids is 1. The molecule has 1 heterocycles. The van der Waals surface area contributed by atoms with E-state index in [1.54, 1.807) is 35.0 Å². The lowest BCUT2D eigenvalue weighted by molar-refractivity contribution is -0.146. The number of rotatable bonds is 6. The van der Waals surface area contributed by atoms with Crippen molar-refractivity contribution in [3.05, 3.63) is 70.6 Å². The number of carboxylic acid groups (broad SMARTS) is 1. The van der Waals surface area contributed by atoms with Crippen molar-refractivity contribution in [3.8, 4) is 5.75 Å². The Morgan fingerprint density at radius 2 is 2.00 bits per heavy atom. The van der Waals surface area contributed by atoms with Gasteiger partial charge in [0.25, 0.3) is 5.78 Å². The number of halogens is 2. The summed E-state index contributed by atoms with van der Waals surface area (Å²) in [6.45, 7) is 0.253. The average Bonchev–Trinajstić information content (AvgIpc) is 3.02. The van der Waals surface area contributed by atoms with Crippen LogP contribution in [0.2, 0.25) is 5.02 Å². The van der Waals surface area contributed by atoms with E-state index in [0.29, 0.717) is 28.3 Å². The molecular weight excluding hydrogens is 389 g/mol. The molecule has 0 unspecified atom stereocenters. The number of carboxylic acids is 1. The molecule has 0 spiro atoms. The van der Waals surface area contributed by atoms with Crippen LogP contribution in [0.15, 0.2) is 48.7 Å². The van der Waals surface area contributed by atoms with Crippen molar-refractivity contribution in [1.82, 2.24) is 4.57 Å². The summed E-state index contributed by atoms with van der Waals surface area (Å²) in [7, 11) is 1.45. The third-order valence-electron chi connectivity index (χ3n) is 4.20. The number of fused-ring (bicyclic) bond motifs is 1. The molecule has 3 rings (SSSR count). The van der Waals surface area contributed by atoms with E-state index in [9.17, 15) is 19.1 Å². The number of methoxy groups -OCH3 is 1. The largest absolute Gasteiger partial charge is 0.507 e. The second-order valence-electron chi connectivity index (χ2n) is 5.96. The van der Waals surface area contributed by atoms with Crippen LogP contribution in [0.5, 0.6) is 5.75 Å². The molecule has 3 aromatic rings. The highest BCUT2D eigenvalue weighted by atomic mass is 35.5. The predicted molar refractivity (Wildman–Crippen MR) is 102 cm³/mol. The summed E-state index contributed by atoms with van der Waals surface area (Å²) in [5, 5.41) is 19.9. The van der Waals surface area contributed by atoms with Crippen LogP contribution in [0.4, 0.5) is 4.39 Å². The standard InChI is InChI=1S/C20H15ClFNO5/c1-28-18-4-2-3-15-19(18)13(16(24)8-17(25)20(26)27)10-23(15)9-11-5-6-12(22)7-14(11)21/h2-8,10,24H,9H2,1H3,(H,26,27). The minimum atomic E-state index is -1.68. The van der Waals surface area contributed by atoms with Gasteiger partial charge in [0, 0.05) is 29.4 Å². The monoisotopic (exact) mass is 403 g/mol. The molecule has 2 aromatic carbocycles. The maximum Gasteiger partial charge on any atom is 0.376 e. The van der Waals surface area contributed by atoms with E-state index in [1.165, 1.54) is 19.2 Å². The Labute approximate surface area is 164 Å². The zero-order chi connectivity index (χ0) is 20.4. The van der Waals surface area contributed by atoms with E-state index < -0.39 is 23.3 Å². The van der Waals surface area contributed by atoms with Crippen LogP contribution in [0.3, 0.4) is 0 Å². The number of aliphatic hydroxyl groups is 1. The maximum atomic E-state index is 13.3. The van der Waals surface area contributed by atoms with Crippen LogP contribution in [0.25, 0.3) is 16.7 Å². The first-order chi connectivity index (χ1) is 13.3. The zero-order valence-electron chi connectivity index (χ0n) is 14.6. The van der Waals surface area contributed by atoms with Crippen LogP contribution in [-0.4, -0.2) is 33.6 Å².